The van der Waals surface area contributed by atoms with Crippen LogP contribution in [0.2, 0.25) is 0 Å². The zero-order valence-corrected chi connectivity index (χ0v) is 13.3. The third-order valence-corrected chi connectivity index (χ3v) is 3.76. The average molecular weight is 348 g/mol. The Morgan fingerprint density at radius 2 is 2.04 bits per heavy atom. The van der Waals surface area contributed by atoms with Crippen molar-refractivity contribution in [3.05, 3.63) is 47.6 Å². The second-order valence-electron chi connectivity index (χ2n) is 4.64. The number of thiophene rings is 1. The number of rotatable bonds is 7. The van der Waals surface area contributed by atoms with Crippen molar-refractivity contribution in [1.29, 1.82) is 0 Å². The molecule has 0 N–H and O–H groups in total. The Morgan fingerprint density at radius 3 is 2.79 bits per heavy atom. The minimum Gasteiger partial charge on any atom is -0.490 e. The molecule has 9 heteroatoms. The number of tetrazole rings is 1. The monoisotopic (exact) mass is 348 g/mol. The van der Waals surface area contributed by atoms with Gasteiger partial charge in [-0.25, -0.2) is 9.18 Å². The first-order valence-corrected chi connectivity index (χ1v) is 7.94. The van der Waals surface area contributed by atoms with Gasteiger partial charge < -0.3 is 9.47 Å². The number of hydrogen-bond acceptors (Lipinski definition) is 7. The van der Waals surface area contributed by atoms with Crippen molar-refractivity contribution in [1.82, 2.24) is 20.2 Å². The maximum absolute atomic E-state index is 12.7. The number of ether oxygens (including phenoxy) is 2. The number of esters is 1. The number of hydrogen-bond donors (Lipinski definition) is 0. The molecule has 3 rings (SSSR count). The van der Waals surface area contributed by atoms with E-state index < -0.39 is 5.97 Å². The number of halogens is 1. The molecule has 124 valence electrons. The second-order valence-corrected chi connectivity index (χ2v) is 5.59. The van der Waals surface area contributed by atoms with Crippen LogP contribution in [0, 0.1) is 5.82 Å². The van der Waals surface area contributed by atoms with Crippen molar-refractivity contribution < 1.29 is 18.7 Å². The van der Waals surface area contributed by atoms with Gasteiger partial charge in [-0.15, -0.1) is 21.5 Å². The van der Waals surface area contributed by atoms with Gasteiger partial charge >= 0.3 is 5.97 Å². The van der Waals surface area contributed by atoms with Crippen molar-refractivity contribution >= 4 is 17.3 Å². The van der Waals surface area contributed by atoms with Crippen molar-refractivity contribution in [2.75, 3.05) is 13.2 Å². The Kier molecular flexibility index (Phi) is 5.12. The predicted octanol–water partition coefficient (Wildman–Crippen LogP) is 2.16. The summed E-state index contributed by atoms with van der Waals surface area (Å²) < 4.78 is 23.1. The molecule has 0 amide bonds. The molecule has 0 spiro atoms. The third-order valence-electron chi connectivity index (χ3n) is 2.89. The molecular formula is C15H13FN4O3S. The molecule has 24 heavy (non-hydrogen) atoms. The first-order chi connectivity index (χ1) is 11.7. The summed E-state index contributed by atoms with van der Waals surface area (Å²) in [6, 6.07) is 9.35. The lowest BCUT2D eigenvalue weighted by molar-refractivity contribution is -0.145. The molecule has 1 aromatic carbocycles. The van der Waals surface area contributed by atoms with Crippen LogP contribution in [0.1, 0.15) is 0 Å². The summed E-state index contributed by atoms with van der Waals surface area (Å²) in [6.45, 7) is 0.111. The van der Waals surface area contributed by atoms with E-state index in [1.54, 1.807) is 0 Å². The fraction of sp³-hybridized carbons (Fsp3) is 0.200. The minimum atomic E-state index is -0.493. The lowest BCUT2D eigenvalue weighted by atomic mass is 10.3. The maximum atomic E-state index is 12.7. The minimum absolute atomic E-state index is 0.0721. The van der Waals surface area contributed by atoms with Gasteiger partial charge in [-0.05, 0) is 40.9 Å². The number of nitrogens with zero attached hydrogens (tertiary/aromatic N) is 4. The lowest BCUT2D eigenvalue weighted by Gasteiger charge is -2.06. The van der Waals surface area contributed by atoms with Crippen LogP contribution in [0.3, 0.4) is 0 Å². The van der Waals surface area contributed by atoms with Crippen LogP contribution in [-0.4, -0.2) is 39.4 Å². The van der Waals surface area contributed by atoms with E-state index in [1.165, 1.54) is 40.4 Å². The van der Waals surface area contributed by atoms with Crippen LogP contribution in [0.4, 0.5) is 4.39 Å². The standard InChI is InChI=1S/C15H13FN4O3S/c16-11-3-5-12(6-4-11)22-7-8-23-14(21)10-20-18-15(17-19-20)13-2-1-9-24-13/h1-6,9H,7-8,10H2. The normalized spacial score (nSPS) is 10.5. The number of carbonyl (C=O) groups excluding carboxylic acids is 1. The van der Waals surface area contributed by atoms with E-state index in [0.717, 1.165) is 4.88 Å². The van der Waals surface area contributed by atoms with Gasteiger partial charge in [-0.3, -0.25) is 0 Å². The van der Waals surface area contributed by atoms with Crippen LogP contribution in [-0.2, 0) is 16.1 Å². The van der Waals surface area contributed by atoms with E-state index in [1.807, 2.05) is 17.5 Å². The number of benzene rings is 1. The molecular weight excluding hydrogens is 335 g/mol. The van der Waals surface area contributed by atoms with E-state index in [4.69, 9.17) is 9.47 Å². The Morgan fingerprint density at radius 1 is 1.21 bits per heavy atom. The van der Waals surface area contributed by atoms with Gasteiger partial charge in [0.1, 0.15) is 24.8 Å². The van der Waals surface area contributed by atoms with E-state index in [0.29, 0.717) is 11.6 Å². The van der Waals surface area contributed by atoms with E-state index in [2.05, 4.69) is 15.4 Å². The van der Waals surface area contributed by atoms with Crippen molar-refractivity contribution in [3.8, 4) is 16.5 Å². The fourth-order valence-corrected chi connectivity index (χ4v) is 2.47. The Labute approximate surface area is 140 Å². The van der Waals surface area contributed by atoms with Crippen LogP contribution >= 0.6 is 11.3 Å². The Balaban J connectivity index is 1.40. The van der Waals surface area contributed by atoms with Gasteiger partial charge in [0.2, 0.25) is 5.82 Å². The summed E-state index contributed by atoms with van der Waals surface area (Å²) in [5.41, 5.74) is 0. The molecule has 0 saturated heterocycles. The highest BCUT2D eigenvalue weighted by Crippen LogP contribution is 2.19. The zero-order chi connectivity index (χ0) is 16.8. The van der Waals surface area contributed by atoms with Gasteiger partial charge in [0.15, 0.2) is 6.54 Å². The summed E-state index contributed by atoms with van der Waals surface area (Å²) in [5.74, 6) is 0.146. The topological polar surface area (TPSA) is 79.1 Å². The molecule has 7 nitrogen and oxygen atoms in total. The Bertz CT molecular complexity index is 789. The maximum Gasteiger partial charge on any atom is 0.329 e. The van der Waals surface area contributed by atoms with Gasteiger partial charge in [-0.2, -0.15) is 4.80 Å². The first kappa shape index (κ1) is 16.1. The second kappa shape index (κ2) is 7.64. The highest BCUT2D eigenvalue weighted by Gasteiger charge is 2.10. The molecule has 0 radical (unpaired) electrons. The molecule has 2 aromatic heterocycles. The average Bonchev–Trinajstić information content (AvgIpc) is 3.24. The van der Waals surface area contributed by atoms with E-state index in [9.17, 15) is 9.18 Å². The summed E-state index contributed by atoms with van der Waals surface area (Å²) in [6.07, 6.45) is 0. The fourth-order valence-electron chi connectivity index (χ4n) is 1.82. The third kappa shape index (κ3) is 4.35. The van der Waals surface area contributed by atoms with Gasteiger partial charge in [0.05, 0.1) is 4.88 Å². The Hall–Kier alpha value is -2.81. The van der Waals surface area contributed by atoms with Crippen molar-refractivity contribution in [3.63, 3.8) is 0 Å². The molecule has 0 bridgehead atoms. The number of carbonyl (C=O) groups is 1. The molecule has 0 atom stereocenters. The lowest BCUT2D eigenvalue weighted by Crippen LogP contribution is -2.18. The molecule has 2 heterocycles. The van der Waals surface area contributed by atoms with E-state index >= 15 is 0 Å². The van der Waals surface area contributed by atoms with Crippen LogP contribution in [0.5, 0.6) is 5.75 Å². The molecule has 0 unspecified atom stereocenters. The summed E-state index contributed by atoms with van der Waals surface area (Å²) in [7, 11) is 0. The number of aromatic nitrogens is 4. The highest BCUT2D eigenvalue weighted by atomic mass is 32.1. The SMILES string of the molecule is O=C(Cn1nnc(-c2cccs2)n1)OCCOc1ccc(F)cc1. The van der Waals surface area contributed by atoms with Crippen LogP contribution in [0.15, 0.2) is 41.8 Å². The van der Waals surface area contributed by atoms with E-state index in [-0.39, 0.29) is 25.6 Å². The van der Waals surface area contributed by atoms with Gasteiger partial charge in [-0.1, -0.05) is 6.07 Å². The molecule has 3 aromatic rings. The quantitative estimate of drug-likeness (QED) is 0.481. The van der Waals surface area contributed by atoms with Gasteiger partial charge in [0, 0.05) is 0 Å². The van der Waals surface area contributed by atoms with Crippen molar-refractivity contribution in [2.45, 2.75) is 6.54 Å². The molecule has 0 aliphatic rings. The molecule has 0 aliphatic heterocycles. The van der Waals surface area contributed by atoms with Crippen LogP contribution in [0.25, 0.3) is 10.7 Å². The molecule has 0 fully saturated rings. The van der Waals surface area contributed by atoms with Crippen molar-refractivity contribution in [2.24, 2.45) is 0 Å². The first-order valence-electron chi connectivity index (χ1n) is 7.06. The summed E-state index contributed by atoms with van der Waals surface area (Å²) in [4.78, 5) is 13.8. The molecule has 0 saturated carbocycles. The van der Waals surface area contributed by atoms with Gasteiger partial charge in [0.25, 0.3) is 0 Å². The zero-order valence-electron chi connectivity index (χ0n) is 12.5. The largest absolute Gasteiger partial charge is 0.490 e. The highest BCUT2D eigenvalue weighted by molar-refractivity contribution is 7.13. The molecule has 0 aliphatic carbocycles. The summed E-state index contributed by atoms with van der Waals surface area (Å²) in [5, 5.41) is 13.7. The summed E-state index contributed by atoms with van der Waals surface area (Å²) >= 11 is 1.49. The predicted molar refractivity (Wildman–Crippen MR) is 84.0 cm³/mol. The smallest absolute Gasteiger partial charge is 0.329 e. The van der Waals surface area contributed by atoms with Crippen LogP contribution < -0.4 is 4.74 Å².